The zero-order valence-electron chi connectivity index (χ0n) is 17.1. The number of rotatable bonds is 8. The van der Waals surface area contributed by atoms with Gasteiger partial charge in [-0.25, -0.2) is 9.59 Å². The summed E-state index contributed by atoms with van der Waals surface area (Å²) >= 11 is 0. The van der Waals surface area contributed by atoms with Crippen LogP contribution in [-0.2, 0) is 16.1 Å². The SMILES string of the molecule is CCCO[C@@H]1CN(c2cccc(C(=O)O)c2)CC[C@@H]1NC(=O)OCc1ccccc1. The molecular weight excluding hydrogens is 384 g/mol. The second-order valence-corrected chi connectivity index (χ2v) is 7.31. The molecule has 1 heterocycles. The summed E-state index contributed by atoms with van der Waals surface area (Å²) in [7, 11) is 0. The first-order chi connectivity index (χ1) is 14.6. The average molecular weight is 412 g/mol. The zero-order valence-corrected chi connectivity index (χ0v) is 17.1. The number of aromatic carboxylic acids is 1. The Morgan fingerprint density at radius 2 is 1.97 bits per heavy atom. The molecule has 2 N–H and O–H groups in total. The van der Waals surface area contributed by atoms with Crippen LogP contribution >= 0.6 is 0 Å². The lowest BCUT2D eigenvalue weighted by Gasteiger charge is -2.39. The molecule has 0 radical (unpaired) electrons. The summed E-state index contributed by atoms with van der Waals surface area (Å²) in [4.78, 5) is 25.7. The second kappa shape index (κ2) is 10.6. The molecule has 7 heteroatoms. The number of nitrogens with zero attached hydrogens (tertiary/aromatic N) is 1. The molecule has 30 heavy (non-hydrogen) atoms. The van der Waals surface area contributed by atoms with Gasteiger partial charge in [-0.1, -0.05) is 43.3 Å². The Hall–Kier alpha value is -3.06. The minimum Gasteiger partial charge on any atom is -0.478 e. The summed E-state index contributed by atoms with van der Waals surface area (Å²) in [6, 6.07) is 16.2. The van der Waals surface area contributed by atoms with Crippen LogP contribution in [0.25, 0.3) is 0 Å². The number of carbonyl (C=O) groups excluding carboxylic acids is 1. The number of hydrogen-bond donors (Lipinski definition) is 2. The summed E-state index contributed by atoms with van der Waals surface area (Å²) in [6.07, 6.45) is 0.870. The van der Waals surface area contributed by atoms with Crippen molar-refractivity contribution in [2.45, 2.75) is 38.5 Å². The highest BCUT2D eigenvalue weighted by Crippen LogP contribution is 2.23. The maximum atomic E-state index is 12.3. The summed E-state index contributed by atoms with van der Waals surface area (Å²) < 4.78 is 11.4. The highest BCUT2D eigenvalue weighted by Gasteiger charge is 2.31. The van der Waals surface area contributed by atoms with Crippen molar-refractivity contribution in [1.29, 1.82) is 0 Å². The van der Waals surface area contributed by atoms with Crippen molar-refractivity contribution in [3.63, 3.8) is 0 Å². The van der Waals surface area contributed by atoms with Gasteiger partial charge >= 0.3 is 12.1 Å². The highest BCUT2D eigenvalue weighted by atomic mass is 16.5. The van der Waals surface area contributed by atoms with E-state index in [4.69, 9.17) is 9.47 Å². The molecule has 2 aromatic carbocycles. The van der Waals surface area contributed by atoms with Gasteiger partial charge < -0.3 is 24.8 Å². The van der Waals surface area contributed by atoms with Crippen molar-refractivity contribution >= 4 is 17.7 Å². The summed E-state index contributed by atoms with van der Waals surface area (Å²) in [6.45, 7) is 4.08. The van der Waals surface area contributed by atoms with Gasteiger partial charge in [0.2, 0.25) is 0 Å². The average Bonchev–Trinajstić information content (AvgIpc) is 2.77. The van der Waals surface area contributed by atoms with Crippen molar-refractivity contribution in [1.82, 2.24) is 5.32 Å². The van der Waals surface area contributed by atoms with Gasteiger partial charge in [-0.15, -0.1) is 0 Å². The van der Waals surface area contributed by atoms with Gasteiger partial charge in [-0.3, -0.25) is 0 Å². The third kappa shape index (κ3) is 5.97. The third-order valence-corrected chi connectivity index (χ3v) is 5.07. The number of carbonyl (C=O) groups is 2. The molecule has 2 atom stereocenters. The molecule has 0 spiro atoms. The maximum absolute atomic E-state index is 12.3. The molecule has 160 valence electrons. The molecule has 1 aliphatic rings. The molecular formula is C23H28N2O5. The van der Waals surface area contributed by atoms with Crippen molar-refractivity contribution in [3.05, 3.63) is 65.7 Å². The molecule has 0 aliphatic carbocycles. The van der Waals surface area contributed by atoms with E-state index in [9.17, 15) is 14.7 Å². The number of hydrogen-bond acceptors (Lipinski definition) is 5. The fraction of sp³-hybridized carbons (Fsp3) is 0.391. The molecule has 0 unspecified atom stereocenters. The van der Waals surface area contributed by atoms with Gasteiger partial charge in [0.05, 0.1) is 17.7 Å². The molecule has 1 saturated heterocycles. The first-order valence-electron chi connectivity index (χ1n) is 10.2. The van der Waals surface area contributed by atoms with Gasteiger partial charge in [-0.2, -0.15) is 0 Å². The number of carboxylic acid groups (broad SMARTS) is 1. The standard InChI is InChI=1S/C23H28N2O5/c1-2-13-29-21-15-25(19-10-6-9-18(14-19)22(26)27)12-11-20(21)24-23(28)30-16-17-7-4-3-5-8-17/h3-10,14,20-21H,2,11-13,15-16H2,1H3,(H,24,28)(H,26,27)/t20-,21+/m0/s1. The van der Waals surface area contributed by atoms with E-state index in [1.807, 2.05) is 43.3 Å². The molecule has 0 saturated carbocycles. The van der Waals surface area contributed by atoms with Gasteiger partial charge in [0, 0.05) is 25.4 Å². The van der Waals surface area contributed by atoms with Crippen molar-refractivity contribution in [2.24, 2.45) is 0 Å². The van der Waals surface area contributed by atoms with E-state index in [1.54, 1.807) is 18.2 Å². The van der Waals surface area contributed by atoms with Crippen molar-refractivity contribution < 1.29 is 24.2 Å². The van der Waals surface area contributed by atoms with E-state index in [-0.39, 0.29) is 24.3 Å². The van der Waals surface area contributed by atoms with E-state index in [2.05, 4.69) is 10.2 Å². The Labute approximate surface area is 176 Å². The number of piperidine rings is 1. The van der Waals surface area contributed by atoms with Crippen LogP contribution in [0.15, 0.2) is 54.6 Å². The topological polar surface area (TPSA) is 88.1 Å². The molecule has 1 fully saturated rings. The van der Waals surface area contributed by atoms with Gasteiger partial charge in [0.15, 0.2) is 0 Å². The Morgan fingerprint density at radius 3 is 2.70 bits per heavy atom. The summed E-state index contributed by atoms with van der Waals surface area (Å²) in [5.74, 6) is -0.951. The predicted octanol–water partition coefficient (Wildman–Crippen LogP) is 3.69. The quantitative estimate of drug-likeness (QED) is 0.688. The highest BCUT2D eigenvalue weighted by molar-refractivity contribution is 5.88. The molecule has 2 aromatic rings. The largest absolute Gasteiger partial charge is 0.478 e. The molecule has 0 bridgehead atoms. The lowest BCUT2D eigenvalue weighted by molar-refractivity contribution is 0.0192. The fourth-order valence-corrected chi connectivity index (χ4v) is 3.51. The minimum atomic E-state index is -0.951. The Balaban J connectivity index is 1.60. The molecule has 7 nitrogen and oxygen atoms in total. The smallest absolute Gasteiger partial charge is 0.407 e. The number of nitrogens with one attached hydrogen (secondary N) is 1. The van der Waals surface area contributed by atoms with Crippen molar-refractivity contribution in [3.8, 4) is 0 Å². The predicted molar refractivity (Wildman–Crippen MR) is 114 cm³/mol. The van der Waals surface area contributed by atoms with Crippen LogP contribution in [0.3, 0.4) is 0 Å². The van der Waals surface area contributed by atoms with Crippen LogP contribution in [0, 0.1) is 0 Å². The number of carboxylic acids is 1. The molecule has 1 aliphatic heterocycles. The van der Waals surface area contributed by atoms with Gasteiger partial charge in [-0.05, 0) is 36.6 Å². The van der Waals surface area contributed by atoms with E-state index < -0.39 is 12.1 Å². The number of anilines is 1. The Bertz CT molecular complexity index is 842. The van der Waals surface area contributed by atoms with Crippen LogP contribution in [0.4, 0.5) is 10.5 Å². The van der Waals surface area contributed by atoms with E-state index in [1.165, 1.54) is 0 Å². The van der Waals surface area contributed by atoms with Gasteiger partial charge in [0.1, 0.15) is 6.61 Å². The van der Waals surface area contributed by atoms with Gasteiger partial charge in [0.25, 0.3) is 0 Å². The van der Waals surface area contributed by atoms with Crippen LogP contribution in [0.2, 0.25) is 0 Å². The Morgan fingerprint density at radius 1 is 1.17 bits per heavy atom. The van der Waals surface area contributed by atoms with Crippen LogP contribution in [0.1, 0.15) is 35.7 Å². The van der Waals surface area contributed by atoms with Crippen LogP contribution < -0.4 is 10.2 Å². The molecule has 0 aromatic heterocycles. The fourth-order valence-electron chi connectivity index (χ4n) is 3.51. The lowest BCUT2D eigenvalue weighted by Crippen LogP contribution is -2.55. The minimum absolute atomic E-state index is 0.168. The first-order valence-corrected chi connectivity index (χ1v) is 10.2. The normalized spacial score (nSPS) is 18.6. The number of alkyl carbamates (subject to hydrolysis) is 1. The lowest BCUT2D eigenvalue weighted by atomic mass is 10.0. The van der Waals surface area contributed by atoms with E-state index in [0.29, 0.717) is 26.1 Å². The maximum Gasteiger partial charge on any atom is 0.407 e. The van der Waals surface area contributed by atoms with Crippen molar-refractivity contribution in [2.75, 3.05) is 24.6 Å². The van der Waals surface area contributed by atoms with Crippen LogP contribution in [-0.4, -0.2) is 49.0 Å². The number of benzene rings is 2. The second-order valence-electron chi connectivity index (χ2n) is 7.31. The first kappa shape index (κ1) is 21.6. The summed E-state index contributed by atoms with van der Waals surface area (Å²) in [5.41, 5.74) is 2.02. The van der Waals surface area contributed by atoms with E-state index >= 15 is 0 Å². The van der Waals surface area contributed by atoms with Crippen LogP contribution in [0.5, 0.6) is 0 Å². The molecule has 1 amide bonds. The Kier molecular flexibility index (Phi) is 7.68. The van der Waals surface area contributed by atoms with E-state index in [0.717, 1.165) is 17.7 Å². The summed E-state index contributed by atoms with van der Waals surface area (Å²) in [5, 5.41) is 12.2. The third-order valence-electron chi connectivity index (χ3n) is 5.07. The number of amides is 1. The monoisotopic (exact) mass is 412 g/mol. The zero-order chi connectivity index (χ0) is 21.3. The number of ether oxygens (including phenoxy) is 2. The molecule has 3 rings (SSSR count).